The lowest BCUT2D eigenvalue weighted by Gasteiger charge is -2.28. The lowest BCUT2D eigenvalue weighted by Crippen LogP contribution is -2.44. The lowest BCUT2D eigenvalue weighted by atomic mass is 10.1. The van der Waals surface area contributed by atoms with E-state index in [9.17, 15) is 9.59 Å². The second-order valence-corrected chi connectivity index (χ2v) is 6.04. The fraction of sp³-hybridized carbons (Fsp3) is 0.263. The van der Waals surface area contributed by atoms with Crippen LogP contribution < -0.4 is 14.8 Å². The van der Waals surface area contributed by atoms with E-state index in [1.165, 1.54) is 12.0 Å². The van der Waals surface area contributed by atoms with Crippen molar-refractivity contribution in [3.8, 4) is 17.6 Å². The second-order valence-electron chi connectivity index (χ2n) is 6.04. The van der Waals surface area contributed by atoms with Gasteiger partial charge in [-0.05, 0) is 37.3 Å². The lowest BCUT2D eigenvalue weighted by molar-refractivity contribution is -0.122. The van der Waals surface area contributed by atoms with Crippen LogP contribution >= 0.6 is 0 Å². The summed E-state index contributed by atoms with van der Waals surface area (Å²) in [6.45, 7) is 1.80. The van der Waals surface area contributed by atoms with Gasteiger partial charge in [-0.15, -0.1) is 0 Å². The number of ether oxygens (including phenoxy) is 2. The number of rotatable bonds is 5. The van der Waals surface area contributed by atoms with Gasteiger partial charge in [0.25, 0.3) is 0 Å². The summed E-state index contributed by atoms with van der Waals surface area (Å²) in [6.07, 6.45) is 1.01. The average molecular weight is 366 g/mol. The minimum Gasteiger partial charge on any atom is -0.495 e. The maximum Gasteiger partial charge on any atom is 0.416 e. The van der Waals surface area contributed by atoms with E-state index in [2.05, 4.69) is 10.3 Å². The van der Waals surface area contributed by atoms with Crippen molar-refractivity contribution in [2.24, 2.45) is 0 Å². The number of nitrogens with zero attached hydrogens (tertiary/aromatic N) is 3. The molecule has 1 aliphatic heterocycles. The molecule has 138 valence electrons. The third kappa shape index (κ3) is 3.98. The van der Waals surface area contributed by atoms with Gasteiger partial charge in [0, 0.05) is 11.8 Å². The predicted molar refractivity (Wildman–Crippen MR) is 94.9 cm³/mol. The Labute approximate surface area is 156 Å². The number of methoxy groups -OCH3 is 1. The quantitative estimate of drug-likeness (QED) is 0.869. The van der Waals surface area contributed by atoms with Crippen LogP contribution in [0.3, 0.4) is 0 Å². The van der Waals surface area contributed by atoms with Gasteiger partial charge in [-0.25, -0.2) is 4.79 Å². The van der Waals surface area contributed by atoms with Gasteiger partial charge < -0.3 is 14.8 Å². The first-order valence-corrected chi connectivity index (χ1v) is 8.30. The predicted octanol–water partition coefficient (Wildman–Crippen LogP) is 2.15. The number of hydrogen-bond acceptors (Lipinski definition) is 6. The van der Waals surface area contributed by atoms with Gasteiger partial charge in [0.1, 0.15) is 23.7 Å². The van der Waals surface area contributed by atoms with Gasteiger partial charge in [0.15, 0.2) is 0 Å². The SMILES string of the molecule is COc1cccnc1[C@@H](C)NC(=O)CN1Cc2cc(C#N)ccc2OC1=O. The number of hydrogen-bond donors (Lipinski definition) is 1. The number of fused-ring (bicyclic) bond motifs is 1. The Balaban J connectivity index is 1.67. The van der Waals surface area contributed by atoms with E-state index in [-0.39, 0.29) is 19.0 Å². The molecule has 3 rings (SSSR count). The van der Waals surface area contributed by atoms with Crippen molar-refractivity contribution in [3.05, 3.63) is 53.3 Å². The molecular weight excluding hydrogens is 348 g/mol. The van der Waals surface area contributed by atoms with E-state index in [1.54, 1.807) is 43.5 Å². The van der Waals surface area contributed by atoms with Crippen molar-refractivity contribution in [1.82, 2.24) is 15.2 Å². The number of carbonyl (C=O) groups is 2. The molecule has 0 aliphatic carbocycles. The van der Waals surface area contributed by atoms with Gasteiger partial charge in [-0.3, -0.25) is 14.7 Å². The molecule has 0 fully saturated rings. The molecule has 2 aromatic rings. The van der Waals surface area contributed by atoms with Crippen molar-refractivity contribution in [3.63, 3.8) is 0 Å². The number of carbonyl (C=O) groups excluding carboxylic acids is 2. The summed E-state index contributed by atoms with van der Waals surface area (Å²) < 4.78 is 10.5. The normalized spacial score (nSPS) is 13.8. The molecule has 1 aromatic carbocycles. The molecule has 0 unspecified atom stereocenters. The van der Waals surface area contributed by atoms with Gasteiger partial charge in [-0.2, -0.15) is 5.26 Å². The van der Waals surface area contributed by atoms with Crippen LogP contribution in [0.25, 0.3) is 0 Å². The summed E-state index contributed by atoms with van der Waals surface area (Å²) in [4.78, 5) is 30.0. The van der Waals surface area contributed by atoms with Gasteiger partial charge in [0.05, 0.1) is 31.3 Å². The summed E-state index contributed by atoms with van der Waals surface area (Å²) in [5.74, 6) is 0.620. The fourth-order valence-electron chi connectivity index (χ4n) is 2.85. The third-order valence-electron chi connectivity index (χ3n) is 4.15. The highest BCUT2D eigenvalue weighted by Gasteiger charge is 2.27. The van der Waals surface area contributed by atoms with Crippen molar-refractivity contribution < 1.29 is 19.1 Å². The Morgan fingerprint density at radius 1 is 1.48 bits per heavy atom. The molecule has 0 bridgehead atoms. The Hall–Kier alpha value is -3.60. The zero-order chi connectivity index (χ0) is 19.4. The maximum absolute atomic E-state index is 12.4. The standard InChI is InChI=1S/C19H18N4O4/c1-12(18-16(26-2)4-3-7-21-18)22-17(24)11-23-10-14-8-13(9-20)5-6-15(14)27-19(23)25/h3-8,12H,10-11H2,1-2H3,(H,22,24)/t12-/m1/s1. The van der Waals surface area contributed by atoms with Crippen LogP contribution in [-0.4, -0.2) is 35.5 Å². The summed E-state index contributed by atoms with van der Waals surface area (Å²) in [5, 5.41) is 11.8. The third-order valence-corrected chi connectivity index (χ3v) is 4.15. The average Bonchev–Trinajstić information content (AvgIpc) is 2.68. The molecule has 1 atom stereocenters. The summed E-state index contributed by atoms with van der Waals surface area (Å²) >= 11 is 0. The molecule has 1 aromatic heterocycles. The smallest absolute Gasteiger partial charge is 0.416 e. The molecule has 1 N–H and O–H groups in total. The van der Waals surface area contributed by atoms with E-state index >= 15 is 0 Å². The minimum absolute atomic E-state index is 0.172. The van der Waals surface area contributed by atoms with Gasteiger partial charge in [-0.1, -0.05) is 0 Å². The van der Waals surface area contributed by atoms with E-state index in [0.717, 1.165) is 0 Å². The first-order chi connectivity index (χ1) is 13.0. The molecule has 0 saturated carbocycles. The Morgan fingerprint density at radius 2 is 2.30 bits per heavy atom. The molecule has 0 radical (unpaired) electrons. The Kier molecular flexibility index (Phi) is 5.22. The molecule has 27 heavy (non-hydrogen) atoms. The number of nitriles is 1. The van der Waals surface area contributed by atoms with Crippen LogP contribution in [-0.2, 0) is 11.3 Å². The Morgan fingerprint density at radius 3 is 3.04 bits per heavy atom. The molecular formula is C19H18N4O4. The fourth-order valence-corrected chi connectivity index (χ4v) is 2.85. The first-order valence-electron chi connectivity index (χ1n) is 8.30. The highest BCUT2D eigenvalue weighted by atomic mass is 16.6. The molecule has 1 aliphatic rings. The molecule has 0 saturated heterocycles. The summed E-state index contributed by atoms with van der Waals surface area (Å²) in [6, 6.07) is 9.96. The topological polar surface area (TPSA) is 105 Å². The second kappa shape index (κ2) is 7.74. The van der Waals surface area contributed by atoms with Crippen LogP contribution in [0, 0.1) is 11.3 Å². The number of pyridine rings is 1. The van der Waals surface area contributed by atoms with Crippen LogP contribution in [0.15, 0.2) is 36.5 Å². The molecule has 2 heterocycles. The molecule has 2 amide bonds. The Bertz CT molecular complexity index is 922. The van der Waals surface area contributed by atoms with Gasteiger partial charge in [0.2, 0.25) is 5.91 Å². The monoisotopic (exact) mass is 366 g/mol. The maximum atomic E-state index is 12.4. The zero-order valence-corrected chi connectivity index (χ0v) is 14.9. The van der Waals surface area contributed by atoms with Crippen molar-refractivity contribution in [2.45, 2.75) is 19.5 Å². The first kappa shape index (κ1) is 18.2. The largest absolute Gasteiger partial charge is 0.495 e. The zero-order valence-electron chi connectivity index (χ0n) is 14.9. The summed E-state index contributed by atoms with van der Waals surface area (Å²) in [7, 11) is 1.53. The molecule has 8 heteroatoms. The van der Waals surface area contributed by atoms with Crippen LogP contribution in [0.2, 0.25) is 0 Å². The number of amides is 2. The van der Waals surface area contributed by atoms with Crippen LogP contribution in [0.1, 0.15) is 29.8 Å². The van der Waals surface area contributed by atoms with E-state index < -0.39 is 12.1 Å². The van der Waals surface area contributed by atoms with Crippen molar-refractivity contribution in [2.75, 3.05) is 13.7 Å². The number of nitrogens with one attached hydrogen (secondary N) is 1. The molecule has 0 spiro atoms. The van der Waals surface area contributed by atoms with Crippen molar-refractivity contribution in [1.29, 1.82) is 5.26 Å². The van der Waals surface area contributed by atoms with E-state index in [0.29, 0.717) is 28.3 Å². The summed E-state index contributed by atoms with van der Waals surface area (Å²) in [5.41, 5.74) is 1.74. The van der Waals surface area contributed by atoms with Gasteiger partial charge >= 0.3 is 6.09 Å². The highest BCUT2D eigenvalue weighted by Crippen LogP contribution is 2.27. The van der Waals surface area contributed by atoms with Crippen LogP contribution in [0.4, 0.5) is 4.79 Å². The van der Waals surface area contributed by atoms with Crippen molar-refractivity contribution >= 4 is 12.0 Å². The van der Waals surface area contributed by atoms with E-state index in [4.69, 9.17) is 14.7 Å². The number of benzene rings is 1. The van der Waals surface area contributed by atoms with Crippen LogP contribution in [0.5, 0.6) is 11.5 Å². The number of aromatic nitrogens is 1. The minimum atomic E-state index is -0.606. The van der Waals surface area contributed by atoms with E-state index in [1.807, 2.05) is 6.07 Å². The highest BCUT2D eigenvalue weighted by molar-refractivity contribution is 5.84. The molecule has 8 nitrogen and oxygen atoms in total.